The summed E-state index contributed by atoms with van der Waals surface area (Å²) in [5, 5.41) is 15.5. The van der Waals surface area contributed by atoms with E-state index >= 15 is 0 Å². The molecule has 0 aliphatic carbocycles. The van der Waals surface area contributed by atoms with Gasteiger partial charge in [-0.3, -0.25) is 0 Å². The van der Waals surface area contributed by atoms with E-state index < -0.39 is 63.2 Å². The number of nitrogens with zero attached hydrogens (tertiary/aromatic N) is 3. The van der Waals surface area contributed by atoms with Gasteiger partial charge in [-0.05, 0) is 0 Å². The Kier molecular flexibility index (Phi) is 7.15. The number of hydrogen-bond donors (Lipinski definition) is 2. The standard InChI is InChI=1S/C22H21ClF3IN4O5/c1-11-29-21(31(30-11)14-9-12(23)7-8-15(14)35-22(24,25)26)20-18(32)17(28)19-16(34-20)10-33-27(36-19)13-5-3-2-4-6-13/h2-9,16-20,32H,10,28H2,1H3/t16?,17?,18?,19-,20+/m0/s1. The van der Waals surface area contributed by atoms with Crippen LogP contribution in [0.2, 0.25) is 5.02 Å². The molecule has 3 aromatic rings. The molecular weight excluding hydrogens is 620 g/mol. The molecule has 3 unspecified atom stereocenters. The van der Waals surface area contributed by atoms with Crippen LogP contribution in [0.15, 0.2) is 48.5 Å². The first-order valence-electron chi connectivity index (χ1n) is 10.7. The number of aryl methyl sites for hydroxylation is 1. The van der Waals surface area contributed by atoms with Crippen molar-refractivity contribution in [3.63, 3.8) is 0 Å². The molecule has 194 valence electrons. The summed E-state index contributed by atoms with van der Waals surface area (Å²) in [5.41, 5.74) is 6.27. The number of aromatic nitrogens is 3. The molecule has 0 radical (unpaired) electrons. The van der Waals surface area contributed by atoms with Gasteiger partial charge in [0.2, 0.25) is 0 Å². The van der Waals surface area contributed by atoms with E-state index in [0.29, 0.717) is 0 Å². The van der Waals surface area contributed by atoms with E-state index in [1.54, 1.807) is 6.92 Å². The number of rotatable bonds is 4. The van der Waals surface area contributed by atoms with E-state index in [9.17, 15) is 18.3 Å². The maximum atomic E-state index is 13.0. The van der Waals surface area contributed by atoms with Crippen molar-refractivity contribution in [1.82, 2.24) is 14.8 Å². The number of alkyl halides is 3. The molecule has 2 aliphatic rings. The van der Waals surface area contributed by atoms with Crippen molar-refractivity contribution >= 4 is 32.3 Å². The molecule has 5 atom stereocenters. The molecule has 0 spiro atoms. The van der Waals surface area contributed by atoms with Crippen LogP contribution in [0.25, 0.3) is 5.69 Å². The molecule has 0 saturated carbocycles. The molecule has 3 heterocycles. The Labute approximate surface area is 216 Å². The van der Waals surface area contributed by atoms with Crippen molar-refractivity contribution in [2.24, 2.45) is 5.73 Å². The van der Waals surface area contributed by atoms with Gasteiger partial charge in [-0.25, -0.2) is 0 Å². The average molecular weight is 641 g/mol. The molecule has 9 nitrogen and oxygen atoms in total. The number of halogens is 5. The van der Waals surface area contributed by atoms with Gasteiger partial charge in [0.15, 0.2) is 0 Å². The van der Waals surface area contributed by atoms with Crippen LogP contribution < -0.4 is 10.5 Å². The Morgan fingerprint density at radius 2 is 1.97 bits per heavy atom. The summed E-state index contributed by atoms with van der Waals surface area (Å²) in [4.78, 5) is 4.32. The third-order valence-electron chi connectivity index (χ3n) is 5.56. The van der Waals surface area contributed by atoms with Gasteiger partial charge in [0, 0.05) is 0 Å². The van der Waals surface area contributed by atoms with Gasteiger partial charge in [-0.15, -0.1) is 0 Å². The summed E-state index contributed by atoms with van der Waals surface area (Å²) in [7, 11) is 0. The van der Waals surface area contributed by atoms with Crippen molar-refractivity contribution < 1.29 is 33.9 Å². The number of fused-ring (bicyclic) bond motifs is 1. The average Bonchev–Trinajstić information content (AvgIpc) is 3.23. The molecule has 5 rings (SSSR count). The van der Waals surface area contributed by atoms with E-state index in [4.69, 9.17) is 28.2 Å². The fraction of sp³-hybridized carbons (Fsp3) is 0.364. The third-order valence-corrected chi connectivity index (χ3v) is 9.51. The summed E-state index contributed by atoms with van der Waals surface area (Å²) >= 11 is 3.59. The number of aliphatic hydroxyl groups is 1. The van der Waals surface area contributed by atoms with Crippen molar-refractivity contribution in [1.29, 1.82) is 0 Å². The zero-order chi connectivity index (χ0) is 25.6. The van der Waals surface area contributed by atoms with Crippen molar-refractivity contribution in [3.05, 3.63) is 68.8 Å². The Balaban J connectivity index is 1.46. The molecule has 0 bridgehead atoms. The predicted octanol–water partition coefficient (Wildman–Crippen LogP) is 3.88. The summed E-state index contributed by atoms with van der Waals surface area (Å²) in [6, 6.07) is 12.2. The van der Waals surface area contributed by atoms with Gasteiger partial charge < -0.3 is 0 Å². The SMILES string of the molecule is Cc1nc([C@@H]2OC3COI(c4ccccc4)O[C@@H]3C(N)C2O)n(-c2cc(Cl)ccc2OC(F)(F)F)n1. The summed E-state index contributed by atoms with van der Waals surface area (Å²) in [6.07, 6.45) is -8.66. The first-order valence-corrected chi connectivity index (χ1v) is 14.0. The van der Waals surface area contributed by atoms with Gasteiger partial charge in [0.05, 0.1) is 0 Å². The number of ether oxygens (including phenoxy) is 2. The molecule has 1 aromatic heterocycles. The Bertz CT molecular complexity index is 1230. The number of nitrogens with two attached hydrogens (primary N) is 1. The van der Waals surface area contributed by atoms with Crippen LogP contribution >= 0.6 is 32.3 Å². The zero-order valence-corrected chi connectivity index (χ0v) is 21.5. The molecule has 14 heteroatoms. The van der Waals surface area contributed by atoms with Crippen molar-refractivity contribution in [2.75, 3.05) is 6.61 Å². The maximum absolute atomic E-state index is 13.0. The monoisotopic (exact) mass is 640 g/mol. The normalized spacial score (nSPS) is 27.5. The molecule has 36 heavy (non-hydrogen) atoms. The van der Waals surface area contributed by atoms with Crippen LogP contribution in [-0.4, -0.2) is 57.2 Å². The van der Waals surface area contributed by atoms with Crippen molar-refractivity contribution in [3.8, 4) is 11.4 Å². The fourth-order valence-corrected chi connectivity index (χ4v) is 7.83. The van der Waals surface area contributed by atoms with Gasteiger partial charge in [0.25, 0.3) is 0 Å². The Morgan fingerprint density at radius 1 is 1.22 bits per heavy atom. The van der Waals surface area contributed by atoms with E-state index in [-0.39, 0.29) is 29.0 Å². The minimum atomic E-state index is -4.95. The molecule has 2 fully saturated rings. The second kappa shape index (κ2) is 10.0. The quantitative estimate of drug-likeness (QED) is 0.414. The van der Waals surface area contributed by atoms with Gasteiger partial charge >= 0.3 is 217 Å². The van der Waals surface area contributed by atoms with E-state index in [0.717, 1.165) is 14.3 Å². The third kappa shape index (κ3) is 5.18. The first-order chi connectivity index (χ1) is 17.1. The number of hydrogen-bond acceptors (Lipinski definition) is 8. The van der Waals surface area contributed by atoms with Crippen LogP contribution in [0, 0.1) is 10.5 Å². The summed E-state index contributed by atoms with van der Waals surface area (Å²) < 4.78 is 63.6. The van der Waals surface area contributed by atoms with Crippen LogP contribution in [0.5, 0.6) is 5.75 Å². The van der Waals surface area contributed by atoms with Crippen LogP contribution in [0.4, 0.5) is 13.2 Å². The van der Waals surface area contributed by atoms with E-state index in [1.165, 1.54) is 12.1 Å². The van der Waals surface area contributed by atoms with E-state index in [2.05, 4.69) is 14.8 Å². The zero-order valence-electron chi connectivity index (χ0n) is 18.6. The van der Waals surface area contributed by atoms with Crippen LogP contribution in [-0.2, 0) is 10.9 Å². The second-order valence-electron chi connectivity index (χ2n) is 8.09. The van der Waals surface area contributed by atoms with Gasteiger partial charge in [0.1, 0.15) is 0 Å². The van der Waals surface area contributed by atoms with Gasteiger partial charge in [-0.2, -0.15) is 0 Å². The second-order valence-corrected chi connectivity index (χ2v) is 12.1. The van der Waals surface area contributed by atoms with Crippen LogP contribution in [0.3, 0.4) is 0 Å². The molecule has 2 aliphatic heterocycles. The molecule has 2 saturated heterocycles. The molecule has 0 amide bonds. The molecule has 2 aromatic carbocycles. The van der Waals surface area contributed by atoms with Crippen molar-refractivity contribution in [2.45, 2.75) is 43.7 Å². The first kappa shape index (κ1) is 25.6. The predicted molar refractivity (Wildman–Crippen MR) is 129 cm³/mol. The molecular formula is C22H21ClF3IN4O5. The summed E-state index contributed by atoms with van der Waals surface area (Å²) in [6.45, 7) is 1.73. The summed E-state index contributed by atoms with van der Waals surface area (Å²) in [5.74, 6) is -0.289. The minimum absolute atomic E-state index is 0.0344. The fourth-order valence-electron chi connectivity index (χ4n) is 3.99. The Hall–Kier alpha value is -2.01. The Morgan fingerprint density at radius 3 is 2.69 bits per heavy atom. The van der Waals surface area contributed by atoms with Gasteiger partial charge in [-0.1, -0.05) is 0 Å². The van der Waals surface area contributed by atoms with E-state index in [1.807, 2.05) is 30.3 Å². The topological polar surface area (TPSA) is 114 Å². The van der Waals surface area contributed by atoms with Crippen LogP contribution in [0.1, 0.15) is 17.8 Å². The number of aliphatic hydroxyl groups excluding tert-OH is 1. The number of benzene rings is 2. The molecule has 3 N–H and O–H groups in total.